The van der Waals surface area contributed by atoms with Crippen LogP contribution in [-0.4, -0.2) is 70.5 Å². The summed E-state index contributed by atoms with van der Waals surface area (Å²) in [5, 5.41) is 17.7. The number of nitrogens with zero attached hydrogens (tertiary/aromatic N) is 1. The van der Waals surface area contributed by atoms with Gasteiger partial charge in [-0.3, -0.25) is 4.90 Å². The van der Waals surface area contributed by atoms with E-state index in [1.807, 2.05) is 36.6 Å². The van der Waals surface area contributed by atoms with Gasteiger partial charge in [-0.05, 0) is 44.8 Å². The fourth-order valence-corrected chi connectivity index (χ4v) is 2.59. The largest absolute Gasteiger partial charge is 0.480 e. The van der Waals surface area contributed by atoms with E-state index >= 15 is 0 Å². The highest BCUT2D eigenvalue weighted by molar-refractivity contribution is 7.98. The van der Waals surface area contributed by atoms with Crippen molar-refractivity contribution in [2.45, 2.75) is 51.3 Å². The van der Waals surface area contributed by atoms with Crippen molar-refractivity contribution in [3.05, 3.63) is 35.9 Å². The van der Waals surface area contributed by atoms with Crippen LogP contribution in [0.4, 0.5) is 4.79 Å². The first-order valence-corrected chi connectivity index (χ1v) is 10.5. The normalized spacial score (nSPS) is 13.0. The van der Waals surface area contributed by atoms with Crippen molar-refractivity contribution < 1.29 is 24.5 Å². The summed E-state index contributed by atoms with van der Waals surface area (Å²) in [6.45, 7) is 5.34. The van der Waals surface area contributed by atoms with Gasteiger partial charge < -0.3 is 20.7 Å². The molecule has 1 aromatic rings. The van der Waals surface area contributed by atoms with Crippen LogP contribution in [-0.2, 0) is 16.0 Å². The number of carboxylic acid groups (broad SMARTS) is 1. The van der Waals surface area contributed by atoms with Crippen LogP contribution < -0.4 is 5.73 Å². The van der Waals surface area contributed by atoms with Crippen molar-refractivity contribution in [2.75, 3.05) is 25.7 Å². The maximum atomic E-state index is 11.9. The van der Waals surface area contributed by atoms with Gasteiger partial charge >= 0.3 is 12.1 Å². The lowest BCUT2D eigenvalue weighted by Gasteiger charge is -2.28. The van der Waals surface area contributed by atoms with Gasteiger partial charge in [0.2, 0.25) is 0 Å². The molecule has 4 N–H and O–H groups in total. The molecular formula is C20H34N2O5S. The lowest BCUT2D eigenvalue weighted by Crippen LogP contribution is -2.46. The first kappa shape index (κ1) is 26.2. The number of rotatable bonds is 8. The molecule has 0 saturated carbocycles. The Bertz CT molecular complexity index is 578. The molecule has 1 aromatic carbocycles. The fourth-order valence-electron chi connectivity index (χ4n) is 2.05. The number of benzene rings is 1. The van der Waals surface area contributed by atoms with E-state index in [2.05, 4.69) is 0 Å². The molecule has 0 aliphatic carbocycles. The van der Waals surface area contributed by atoms with Crippen LogP contribution in [0.5, 0.6) is 0 Å². The average molecular weight is 415 g/mol. The van der Waals surface area contributed by atoms with Gasteiger partial charge in [0, 0.05) is 19.5 Å². The van der Waals surface area contributed by atoms with Gasteiger partial charge in [0.1, 0.15) is 11.6 Å². The summed E-state index contributed by atoms with van der Waals surface area (Å²) in [4.78, 5) is 24.4. The first-order chi connectivity index (χ1) is 13.0. The number of carbonyl (C=O) groups is 2. The second-order valence-corrected chi connectivity index (χ2v) is 8.34. The molecule has 1 rings (SSSR count). The molecule has 0 aliphatic heterocycles. The highest BCUT2D eigenvalue weighted by Gasteiger charge is 2.30. The van der Waals surface area contributed by atoms with Gasteiger partial charge in [-0.25, -0.2) is 9.59 Å². The number of aliphatic carboxylic acids is 1. The molecule has 0 heterocycles. The summed E-state index contributed by atoms with van der Waals surface area (Å²) < 4.78 is 5.19. The second kappa shape index (κ2) is 13.4. The Labute approximate surface area is 172 Å². The number of thioether (sulfide) groups is 1. The topological polar surface area (TPSA) is 113 Å². The predicted molar refractivity (Wildman–Crippen MR) is 114 cm³/mol. The van der Waals surface area contributed by atoms with Crippen LogP contribution >= 0.6 is 11.8 Å². The average Bonchev–Trinajstić information content (AvgIpc) is 2.63. The number of carboxylic acids is 1. The van der Waals surface area contributed by atoms with Gasteiger partial charge in [-0.2, -0.15) is 11.8 Å². The van der Waals surface area contributed by atoms with Crippen molar-refractivity contribution in [1.29, 1.82) is 0 Å². The molecule has 8 heteroatoms. The molecule has 0 spiro atoms. The van der Waals surface area contributed by atoms with E-state index < -0.39 is 23.7 Å². The van der Waals surface area contributed by atoms with Crippen LogP contribution in [0, 0.1) is 0 Å². The van der Waals surface area contributed by atoms with Gasteiger partial charge in [-0.1, -0.05) is 30.3 Å². The highest BCUT2D eigenvalue weighted by atomic mass is 32.2. The zero-order chi connectivity index (χ0) is 21.7. The number of likely N-dealkylation sites (N-methyl/N-ethyl adjacent to an activating group) is 1. The molecular weight excluding hydrogens is 380 g/mol. The highest BCUT2D eigenvalue weighted by Crippen LogP contribution is 2.13. The molecule has 0 saturated heterocycles. The van der Waals surface area contributed by atoms with Gasteiger partial charge in [0.15, 0.2) is 0 Å². The van der Waals surface area contributed by atoms with Gasteiger partial charge in [-0.15, -0.1) is 0 Å². The Hall–Kier alpha value is -1.77. The number of aliphatic hydroxyl groups is 1. The minimum atomic E-state index is -1.05. The molecule has 28 heavy (non-hydrogen) atoms. The van der Waals surface area contributed by atoms with Crippen LogP contribution in [0.25, 0.3) is 0 Å². The Morgan fingerprint density at radius 1 is 1.25 bits per heavy atom. The minimum absolute atomic E-state index is 0.0116. The maximum Gasteiger partial charge on any atom is 0.410 e. The molecule has 0 bridgehead atoms. The number of hydrogen-bond donors (Lipinski definition) is 3. The predicted octanol–water partition coefficient (Wildman–Crippen LogP) is 2.61. The number of ether oxygens (including phenoxy) is 1. The van der Waals surface area contributed by atoms with Crippen LogP contribution in [0.1, 0.15) is 32.8 Å². The molecule has 0 fully saturated rings. The van der Waals surface area contributed by atoms with E-state index in [0.717, 1.165) is 22.6 Å². The Morgan fingerprint density at radius 2 is 1.82 bits per heavy atom. The first-order valence-electron chi connectivity index (χ1n) is 9.09. The summed E-state index contributed by atoms with van der Waals surface area (Å²) in [5.41, 5.74) is 5.60. The SMILES string of the molecule is CN(C(=O)OC(C)(C)C)[C@@H](Cc1ccccc1)C(=O)O.CSCC[C@H](N)CO. The zero-order valence-electron chi connectivity index (χ0n) is 17.4. The number of carbonyl (C=O) groups excluding carboxylic acids is 1. The van der Waals surface area contributed by atoms with E-state index in [0.29, 0.717) is 0 Å². The van der Waals surface area contributed by atoms with Gasteiger partial charge in [0.25, 0.3) is 0 Å². The van der Waals surface area contributed by atoms with Crippen molar-refractivity contribution >= 4 is 23.8 Å². The van der Waals surface area contributed by atoms with Crippen LogP contribution in [0.2, 0.25) is 0 Å². The van der Waals surface area contributed by atoms with E-state index in [4.69, 9.17) is 15.6 Å². The third kappa shape index (κ3) is 11.8. The molecule has 160 valence electrons. The van der Waals surface area contributed by atoms with Gasteiger partial charge in [0.05, 0.1) is 6.61 Å². The third-order valence-corrected chi connectivity index (χ3v) is 4.28. The fraction of sp³-hybridized carbons (Fsp3) is 0.600. The molecule has 0 unspecified atom stereocenters. The number of aliphatic hydroxyl groups excluding tert-OH is 1. The third-order valence-electron chi connectivity index (χ3n) is 3.63. The Kier molecular flexibility index (Phi) is 12.6. The van der Waals surface area contributed by atoms with E-state index in [9.17, 15) is 14.7 Å². The molecule has 0 aliphatic rings. The van der Waals surface area contributed by atoms with Crippen molar-refractivity contribution in [1.82, 2.24) is 4.90 Å². The van der Waals surface area contributed by atoms with Crippen molar-refractivity contribution in [2.24, 2.45) is 5.73 Å². The van der Waals surface area contributed by atoms with E-state index in [-0.39, 0.29) is 19.1 Å². The monoisotopic (exact) mass is 414 g/mol. The lowest BCUT2D eigenvalue weighted by atomic mass is 10.1. The zero-order valence-corrected chi connectivity index (χ0v) is 18.2. The maximum absolute atomic E-state index is 11.9. The second-order valence-electron chi connectivity index (χ2n) is 7.36. The molecule has 1 amide bonds. The van der Waals surface area contributed by atoms with E-state index in [1.54, 1.807) is 32.5 Å². The standard InChI is InChI=1S/C15H21NO4.C5H13NOS/c1-15(2,3)20-14(19)16(4)12(13(17)18)10-11-8-6-5-7-9-11;1-8-3-2-5(6)4-7/h5-9,12H,10H2,1-4H3,(H,17,18);5,7H,2-4,6H2,1H3/t12-;5-/m00/s1. The molecule has 2 atom stereocenters. The van der Waals surface area contributed by atoms with Crippen LogP contribution in [0.15, 0.2) is 30.3 Å². The van der Waals surface area contributed by atoms with E-state index in [1.165, 1.54) is 7.05 Å². The van der Waals surface area contributed by atoms with Crippen molar-refractivity contribution in [3.8, 4) is 0 Å². The summed E-state index contributed by atoms with van der Waals surface area (Å²) in [5.74, 6) is -0.0101. The minimum Gasteiger partial charge on any atom is -0.480 e. The lowest BCUT2D eigenvalue weighted by molar-refractivity contribution is -0.142. The summed E-state index contributed by atoms with van der Waals surface area (Å²) in [6, 6.07) is 8.23. The number of hydrogen-bond acceptors (Lipinski definition) is 6. The number of amides is 1. The smallest absolute Gasteiger partial charge is 0.410 e. The molecule has 7 nitrogen and oxygen atoms in total. The number of nitrogens with two attached hydrogens (primary N) is 1. The molecule has 0 radical (unpaired) electrons. The Balaban J connectivity index is 0.000000769. The quantitative estimate of drug-likeness (QED) is 0.599. The summed E-state index contributed by atoms with van der Waals surface area (Å²) in [7, 11) is 1.44. The Morgan fingerprint density at radius 3 is 2.25 bits per heavy atom. The van der Waals surface area contributed by atoms with Crippen LogP contribution in [0.3, 0.4) is 0 Å². The summed E-state index contributed by atoms with van der Waals surface area (Å²) in [6.07, 6.45) is 2.55. The van der Waals surface area contributed by atoms with Crippen molar-refractivity contribution in [3.63, 3.8) is 0 Å². The summed E-state index contributed by atoms with van der Waals surface area (Å²) >= 11 is 1.75. The molecule has 0 aromatic heterocycles.